The molecule has 0 bridgehead atoms. The molecule has 5 aromatic rings. The van der Waals surface area contributed by atoms with Gasteiger partial charge < -0.3 is 34.3 Å². The SMILES string of the molecule is C=C(C)C(=O)OCCNC(=O)Oc1ccc2c3c(ccc2c1)Oc1ccc2cc(OC(=O)NCCOC(=O)C(=C)C)ccc2c1C3(C)c1ccc(C2CCCCC2)cc1. The zero-order valence-electron chi connectivity index (χ0n) is 33.6. The predicted octanol–water partition coefficient (Wildman–Crippen LogP) is 9.92. The minimum absolute atomic E-state index is 0.0128. The van der Waals surface area contributed by atoms with E-state index in [1.807, 2.05) is 48.5 Å². The highest BCUT2D eigenvalue weighted by Gasteiger charge is 2.42. The lowest BCUT2D eigenvalue weighted by Crippen LogP contribution is -2.31. The Labute approximate surface area is 343 Å². The van der Waals surface area contributed by atoms with E-state index in [4.69, 9.17) is 23.7 Å². The second kappa shape index (κ2) is 17.5. The van der Waals surface area contributed by atoms with E-state index in [0.717, 1.165) is 38.2 Å². The summed E-state index contributed by atoms with van der Waals surface area (Å²) < 4.78 is 28.1. The summed E-state index contributed by atoms with van der Waals surface area (Å²) in [4.78, 5) is 48.7. The van der Waals surface area contributed by atoms with Crippen molar-refractivity contribution in [2.45, 2.75) is 64.2 Å². The number of fused-ring (bicyclic) bond motifs is 6. The van der Waals surface area contributed by atoms with E-state index >= 15 is 0 Å². The van der Waals surface area contributed by atoms with Crippen LogP contribution < -0.4 is 24.8 Å². The average molecular weight is 797 g/mol. The first-order valence-electron chi connectivity index (χ1n) is 19.9. The standard InChI is InChI=1S/C48H48N2O9/c1-29(2)44(51)55-25-23-49-46(53)57-36-17-19-38-33(27-36)13-21-40-42(38)48(5,35-15-11-32(12-16-35)31-9-7-6-8-10-31)43-39-20-18-37(28-34(39)14-22-41(43)59-40)58-47(54)50-24-26-56-45(52)30(3)4/h11-22,27-28,31H,1,3,6-10,23-26H2,2,4-5H3,(H,49,53)(H,50,54). The van der Waals surface area contributed by atoms with E-state index in [2.05, 4.69) is 55.0 Å². The molecule has 5 aromatic carbocycles. The topological polar surface area (TPSA) is 138 Å². The molecule has 2 N–H and O–H groups in total. The van der Waals surface area contributed by atoms with Gasteiger partial charge in [-0.05, 0) is 109 Å². The minimum atomic E-state index is -0.727. The molecule has 0 atom stereocenters. The van der Waals surface area contributed by atoms with Crippen molar-refractivity contribution >= 4 is 45.7 Å². The first-order valence-corrected chi connectivity index (χ1v) is 19.9. The summed E-state index contributed by atoms with van der Waals surface area (Å²) in [5.41, 5.74) is 4.19. The molecule has 2 aliphatic rings. The third kappa shape index (κ3) is 8.79. The van der Waals surface area contributed by atoms with Gasteiger partial charge in [0.1, 0.15) is 36.2 Å². The molecule has 1 fully saturated rings. The Balaban J connectivity index is 1.21. The molecule has 1 heterocycles. The molecule has 11 heteroatoms. The molecule has 0 radical (unpaired) electrons. The second-order valence-corrected chi connectivity index (χ2v) is 15.3. The van der Waals surface area contributed by atoms with E-state index in [9.17, 15) is 19.2 Å². The van der Waals surface area contributed by atoms with Crippen LogP contribution in [0, 0.1) is 0 Å². The maximum Gasteiger partial charge on any atom is 0.412 e. The molecule has 0 unspecified atom stereocenters. The van der Waals surface area contributed by atoms with Crippen LogP contribution in [-0.4, -0.2) is 50.4 Å². The molecule has 0 saturated heterocycles. The number of benzene rings is 5. The van der Waals surface area contributed by atoms with E-state index in [0.29, 0.717) is 28.9 Å². The van der Waals surface area contributed by atoms with Crippen molar-refractivity contribution < 1.29 is 42.9 Å². The van der Waals surface area contributed by atoms with Gasteiger partial charge in [0.25, 0.3) is 0 Å². The fourth-order valence-corrected chi connectivity index (χ4v) is 8.09. The Kier molecular flexibility index (Phi) is 12.0. The Bertz CT molecular complexity index is 2330. The first kappa shape index (κ1) is 40.6. The maximum absolute atomic E-state index is 12.7. The molecule has 0 aromatic heterocycles. The van der Waals surface area contributed by atoms with Gasteiger partial charge in [-0.2, -0.15) is 0 Å². The number of hydrogen-bond donors (Lipinski definition) is 2. The molecule has 1 aliphatic heterocycles. The lowest BCUT2D eigenvalue weighted by molar-refractivity contribution is -0.139. The Morgan fingerprint density at radius 1 is 0.661 bits per heavy atom. The van der Waals surface area contributed by atoms with E-state index in [1.54, 1.807) is 26.0 Å². The van der Waals surface area contributed by atoms with Crippen molar-refractivity contribution in [1.29, 1.82) is 0 Å². The Morgan fingerprint density at radius 3 is 1.59 bits per heavy atom. The zero-order chi connectivity index (χ0) is 41.7. The van der Waals surface area contributed by atoms with Crippen molar-refractivity contribution in [3.05, 3.63) is 131 Å². The molecular formula is C48H48N2O9. The fraction of sp³-hybridized carbons (Fsp3) is 0.292. The van der Waals surface area contributed by atoms with Crippen LogP contribution in [-0.2, 0) is 24.5 Å². The second-order valence-electron chi connectivity index (χ2n) is 15.3. The normalized spacial score (nSPS) is 14.2. The van der Waals surface area contributed by atoms with Gasteiger partial charge in [-0.25, -0.2) is 19.2 Å². The highest BCUT2D eigenvalue weighted by molar-refractivity contribution is 5.97. The lowest BCUT2D eigenvalue weighted by Gasteiger charge is -2.40. The van der Waals surface area contributed by atoms with Gasteiger partial charge in [0, 0.05) is 22.3 Å². The summed E-state index contributed by atoms with van der Waals surface area (Å²) in [6, 6.07) is 27.9. The number of ether oxygens (including phenoxy) is 5. The molecule has 0 spiro atoms. The zero-order valence-corrected chi connectivity index (χ0v) is 33.6. The van der Waals surface area contributed by atoms with Crippen LogP contribution in [0.4, 0.5) is 9.59 Å². The van der Waals surface area contributed by atoms with E-state index in [1.165, 1.54) is 37.7 Å². The van der Waals surface area contributed by atoms with Crippen molar-refractivity contribution in [2.24, 2.45) is 0 Å². The average Bonchev–Trinajstić information content (AvgIpc) is 3.23. The van der Waals surface area contributed by atoms with Gasteiger partial charge in [0.05, 0.1) is 18.5 Å². The third-order valence-electron chi connectivity index (χ3n) is 11.0. The molecular weight excluding hydrogens is 749 g/mol. The molecule has 7 rings (SSSR count). The fourth-order valence-electron chi connectivity index (χ4n) is 8.09. The molecule has 1 aliphatic carbocycles. The van der Waals surface area contributed by atoms with Crippen LogP contribution in [0.1, 0.15) is 81.0 Å². The summed E-state index contributed by atoms with van der Waals surface area (Å²) in [5, 5.41) is 8.76. The number of esters is 2. The number of carbonyl (C=O) groups is 4. The smallest absolute Gasteiger partial charge is 0.412 e. The first-order chi connectivity index (χ1) is 28.4. The van der Waals surface area contributed by atoms with Gasteiger partial charge >= 0.3 is 24.1 Å². The van der Waals surface area contributed by atoms with Crippen LogP contribution >= 0.6 is 0 Å². The largest absolute Gasteiger partial charge is 0.460 e. The van der Waals surface area contributed by atoms with Gasteiger partial charge in [-0.1, -0.05) is 81.0 Å². The highest BCUT2D eigenvalue weighted by atomic mass is 16.6. The van der Waals surface area contributed by atoms with Gasteiger partial charge in [0.15, 0.2) is 0 Å². The van der Waals surface area contributed by atoms with Crippen LogP contribution in [0.3, 0.4) is 0 Å². The maximum atomic E-state index is 12.7. The molecule has 1 saturated carbocycles. The van der Waals surface area contributed by atoms with Crippen molar-refractivity contribution in [2.75, 3.05) is 26.3 Å². The van der Waals surface area contributed by atoms with Crippen molar-refractivity contribution in [1.82, 2.24) is 10.6 Å². The number of amides is 2. The summed E-state index contributed by atoms with van der Waals surface area (Å²) in [5.74, 6) is 1.61. The van der Waals surface area contributed by atoms with Gasteiger partial charge in [-0.15, -0.1) is 0 Å². The van der Waals surface area contributed by atoms with E-state index < -0.39 is 29.5 Å². The molecule has 2 amide bonds. The van der Waals surface area contributed by atoms with Crippen molar-refractivity contribution in [3.8, 4) is 23.0 Å². The van der Waals surface area contributed by atoms with Crippen molar-refractivity contribution in [3.63, 3.8) is 0 Å². The molecule has 11 nitrogen and oxygen atoms in total. The van der Waals surface area contributed by atoms with Crippen LogP contribution in [0.25, 0.3) is 21.5 Å². The Hall–Kier alpha value is -6.62. The van der Waals surface area contributed by atoms with Gasteiger partial charge in [-0.3, -0.25) is 0 Å². The number of rotatable bonds is 12. The number of carbonyl (C=O) groups excluding carboxylic acids is 4. The Morgan fingerprint density at radius 2 is 1.14 bits per heavy atom. The summed E-state index contributed by atoms with van der Waals surface area (Å²) in [6.07, 6.45) is 4.82. The summed E-state index contributed by atoms with van der Waals surface area (Å²) in [6.45, 7) is 12.6. The predicted molar refractivity (Wildman–Crippen MR) is 225 cm³/mol. The third-order valence-corrected chi connectivity index (χ3v) is 11.0. The van der Waals surface area contributed by atoms with E-state index in [-0.39, 0.29) is 37.4 Å². The molecule has 304 valence electrons. The highest BCUT2D eigenvalue weighted by Crippen LogP contribution is 2.56. The lowest BCUT2D eigenvalue weighted by atomic mass is 9.66. The van der Waals surface area contributed by atoms with Crippen LogP contribution in [0.2, 0.25) is 0 Å². The quantitative estimate of drug-likeness (QED) is 0.0718. The van der Waals surface area contributed by atoms with Crippen LogP contribution in [0.15, 0.2) is 109 Å². The van der Waals surface area contributed by atoms with Crippen LogP contribution in [0.5, 0.6) is 23.0 Å². The number of hydrogen-bond acceptors (Lipinski definition) is 9. The monoisotopic (exact) mass is 796 g/mol. The van der Waals surface area contributed by atoms with Gasteiger partial charge in [0.2, 0.25) is 0 Å². The summed E-state index contributed by atoms with van der Waals surface area (Å²) in [7, 11) is 0. The summed E-state index contributed by atoms with van der Waals surface area (Å²) >= 11 is 0. The number of nitrogens with one attached hydrogen (secondary N) is 2. The molecule has 59 heavy (non-hydrogen) atoms. The minimum Gasteiger partial charge on any atom is -0.460 e.